The molecule has 0 aliphatic rings. The summed E-state index contributed by atoms with van der Waals surface area (Å²) in [5.41, 5.74) is 0.828. The number of hydrogen-bond donors (Lipinski definition) is 3. The summed E-state index contributed by atoms with van der Waals surface area (Å²) in [6, 6.07) is 3.34. The van der Waals surface area contributed by atoms with E-state index in [1.54, 1.807) is 0 Å². The molecule has 1 aromatic carbocycles. The lowest BCUT2D eigenvalue weighted by molar-refractivity contribution is 0.0959. The molecule has 2 aromatic rings. The van der Waals surface area contributed by atoms with Crippen molar-refractivity contribution in [2.24, 2.45) is 10.9 Å². The van der Waals surface area contributed by atoms with Crippen LogP contribution in [0.25, 0.3) is 0 Å². The smallest absolute Gasteiger partial charge is 0.251 e. The van der Waals surface area contributed by atoms with Crippen LogP contribution in [-0.4, -0.2) is 33.2 Å². The Morgan fingerprint density at radius 2 is 2.24 bits per heavy atom. The molecule has 0 atom stereocenters. The second-order valence-electron chi connectivity index (χ2n) is 4.02. The number of nitrogens with one attached hydrogen (secondary N) is 1. The van der Waals surface area contributed by atoms with Crippen LogP contribution >= 0.6 is 0 Å². The van der Waals surface area contributed by atoms with Gasteiger partial charge in [-0.25, -0.2) is 4.39 Å². The highest BCUT2D eigenvalue weighted by Crippen LogP contribution is 2.15. The quantitative estimate of drug-likeness (QED) is 0.428. The molecule has 4 N–H and O–H groups in total. The maximum Gasteiger partial charge on any atom is 0.251 e. The lowest BCUT2D eigenvalue weighted by Gasteiger charge is -2.07. The number of carbonyl (C=O) groups excluding carboxylic acids is 1. The molecule has 0 spiro atoms. The van der Waals surface area contributed by atoms with Gasteiger partial charge >= 0.3 is 0 Å². The summed E-state index contributed by atoms with van der Waals surface area (Å²) in [4.78, 5) is 19.7. The lowest BCUT2D eigenvalue weighted by Crippen LogP contribution is -2.31. The lowest BCUT2D eigenvalue weighted by atomic mass is 10.2. The molecule has 0 unspecified atom stereocenters. The molecule has 1 aromatic heterocycles. The Hall–Kier alpha value is -3.03. The zero-order valence-electron chi connectivity index (χ0n) is 10.8. The summed E-state index contributed by atoms with van der Waals surface area (Å²) in [6.07, 6.45) is 4.42. The van der Waals surface area contributed by atoms with E-state index in [1.807, 2.05) is 0 Å². The van der Waals surface area contributed by atoms with E-state index in [0.29, 0.717) is 11.4 Å². The minimum absolute atomic E-state index is 0.0104. The second kappa shape index (κ2) is 6.42. The van der Waals surface area contributed by atoms with Gasteiger partial charge in [-0.05, 0) is 18.2 Å². The molecular formula is C13H12FN5O2. The summed E-state index contributed by atoms with van der Waals surface area (Å²) in [5.74, 6) is 3.33. The van der Waals surface area contributed by atoms with Crippen molar-refractivity contribution in [2.75, 3.05) is 6.54 Å². The summed E-state index contributed by atoms with van der Waals surface area (Å²) < 4.78 is 13.2. The highest BCUT2D eigenvalue weighted by Gasteiger charge is 2.11. The Balaban J connectivity index is 2.05. The first-order valence-corrected chi connectivity index (χ1v) is 5.91. The van der Waals surface area contributed by atoms with Crippen molar-refractivity contribution >= 4 is 11.6 Å². The normalized spacial score (nSPS) is 11.2. The van der Waals surface area contributed by atoms with E-state index < -0.39 is 17.5 Å². The number of nitrogens with two attached hydrogens (primary N) is 1. The summed E-state index contributed by atoms with van der Waals surface area (Å²) in [5, 5.41) is 15.1. The first-order valence-electron chi connectivity index (χ1n) is 5.91. The fraction of sp³-hybridized carbons (Fsp3) is 0.0769. The Labute approximate surface area is 119 Å². The van der Waals surface area contributed by atoms with Gasteiger partial charge in [-0.2, -0.15) is 5.10 Å². The van der Waals surface area contributed by atoms with Crippen molar-refractivity contribution in [2.45, 2.75) is 0 Å². The number of phenolic OH excluding ortho intramolecular Hbond substituents is 1. The zero-order valence-corrected chi connectivity index (χ0v) is 10.8. The van der Waals surface area contributed by atoms with Gasteiger partial charge in [-0.3, -0.25) is 14.8 Å². The molecule has 0 aliphatic heterocycles. The standard InChI is InChI=1S/C13H12FN5O2/c14-9-5-8(1-2-12(9)20)13(21)18-7-11(19-15)10-6-16-3-4-17-10/h1-6,20H,7,15H2,(H,18,21). The Morgan fingerprint density at radius 3 is 2.86 bits per heavy atom. The SMILES string of the molecule is NN=C(CNC(=O)c1ccc(O)c(F)c1)c1cnccn1. The van der Waals surface area contributed by atoms with E-state index >= 15 is 0 Å². The van der Waals surface area contributed by atoms with Crippen LogP contribution in [-0.2, 0) is 0 Å². The van der Waals surface area contributed by atoms with Crippen LogP contribution in [0.5, 0.6) is 5.75 Å². The summed E-state index contributed by atoms with van der Waals surface area (Å²) in [6.45, 7) is 0.0104. The third-order valence-electron chi connectivity index (χ3n) is 2.64. The molecule has 0 aliphatic carbocycles. The number of nitrogens with zero attached hydrogens (tertiary/aromatic N) is 3. The number of benzene rings is 1. The molecule has 2 rings (SSSR count). The third-order valence-corrected chi connectivity index (χ3v) is 2.64. The molecule has 0 saturated heterocycles. The van der Waals surface area contributed by atoms with Crippen molar-refractivity contribution in [3.8, 4) is 5.75 Å². The van der Waals surface area contributed by atoms with Gasteiger partial charge in [0.2, 0.25) is 0 Å². The van der Waals surface area contributed by atoms with Crippen molar-refractivity contribution in [1.82, 2.24) is 15.3 Å². The number of amides is 1. The first kappa shape index (κ1) is 14.4. The summed E-state index contributed by atoms with van der Waals surface area (Å²) in [7, 11) is 0. The van der Waals surface area contributed by atoms with Crippen LogP contribution in [0, 0.1) is 5.82 Å². The van der Waals surface area contributed by atoms with Crippen molar-refractivity contribution < 1.29 is 14.3 Å². The maximum absolute atomic E-state index is 13.2. The highest BCUT2D eigenvalue weighted by molar-refractivity contribution is 6.03. The van der Waals surface area contributed by atoms with E-state index in [0.717, 1.165) is 12.1 Å². The number of phenols is 1. The first-order chi connectivity index (χ1) is 10.1. The average molecular weight is 289 g/mol. The van der Waals surface area contributed by atoms with Crippen molar-refractivity contribution in [3.63, 3.8) is 0 Å². The Bertz CT molecular complexity index is 676. The molecule has 0 fully saturated rings. The van der Waals surface area contributed by atoms with Crippen LogP contribution in [0.3, 0.4) is 0 Å². The molecular weight excluding hydrogens is 277 g/mol. The van der Waals surface area contributed by atoms with Gasteiger partial charge < -0.3 is 16.3 Å². The van der Waals surface area contributed by atoms with E-state index in [-0.39, 0.29) is 12.1 Å². The molecule has 1 amide bonds. The predicted molar refractivity (Wildman–Crippen MR) is 73.2 cm³/mol. The van der Waals surface area contributed by atoms with Crippen LogP contribution in [0.4, 0.5) is 4.39 Å². The number of hydrogen-bond acceptors (Lipinski definition) is 6. The van der Waals surface area contributed by atoms with E-state index in [2.05, 4.69) is 20.4 Å². The number of rotatable bonds is 4. The number of halogens is 1. The average Bonchev–Trinajstić information content (AvgIpc) is 2.51. The zero-order chi connectivity index (χ0) is 15.2. The van der Waals surface area contributed by atoms with Gasteiger partial charge in [0.05, 0.1) is 12.7 Å². The number of carbonyl (C=O) groups is 1. The molecule has 1 heterocycles. The topological polar surface area (TPSA) is 113 Å². The van der Waals surface area contributed by atoms with Crippen LogP contribution in [0.1, 0.15) is 16.1 Å². The monoisotopic (exact) mass is 289 g/mol. The molecule has 7 nitrogen and oxygen atoms in total. The van der Waals surface area contributed by atoms with Crippen LogP contribution < -0.4 is 11.2 Å². The number of hydrazone groups is 1. The predicted octanol–water partition coefficient (Wildman–Crippen LogP) is 0.414. The van der Waals surface area contributed by atoms with E-state index in [9.17, 15) is 9.18 Å². The van der Waals surface area contributed by atoms with E-state index in [4.69, 9.17) is 10.9 Å². The molecule has 108 valence electrons. The Morgan fingerprint density at radius 1 is 1.43 bits per heavy atom. The second-order valence-corrected chi connectivity index (χ2v) is 4.02. The minimum atomic E-state index is -0.871. The summed E-state index contributed by atoms with van der Waals surface area (Å²) >= 11 is 0. The molecule has 0 saturated carbocycles. The van der Waals surface area contributed by atoms with Gasteiger partial charge in [0, 0.05) is 18.0 Å². The minimum Gasteiger partial charge on any atom is -0.505 e. The van der Waals surface area contributed by atoms with Gasteiger partial charge in [0.15, 0.2) is 11.6 Å². The number of aromatic hydroxyl groups is 1. The molecule has 8 heteroatoms. The van der Waals surface area contributed by atoms with Crippen LogP contribution in [0.15, 0.2) is 41.9 Å². The van der Waals surface area contributed by atoms with Gasteiger partial charge in [0.25, 0.3) is 5.91 Å². The van der Waals surface area contributed by atoms with Crippen molar-refractivity contribution in [3.05, 3.63) is 53.9 Å². The van der Waals surface area contributed by atoms with Gasteiger partial charge in [-0.15, -0.1) is 0 Å². The van der Waals surface area contributed by atoms with E-state index in [1.165, 1.54) is 24.7 Å². The fourth-order valence-corrected chi connectivity index (χ4v) is 1.56. The van der Waals surface area contributed by atoms with Crippen LogP contribution in [0.2, 0.25) is 0 Å². The Kier molecular flexibility index (Phi) is 4.39. The highest BCUT2D eigenvalue weighted by atomic mass is 19.1. The number of aromatic nitrogens is 2. The van der Waals surface area contributed by atoms with Gasteiger partial charge in [-0.1, -0.05) is 0 Å². The largest absolute Gasteiger partial charge is 0.505 e. The maximum atomic E-state index is 13.2. The fourth-order valence-electron chi connectivity index (χ4n) is 1.56. The van der Waals surface area contributed by atoms with Gasteiger partial charge in [0.1, 0.15) is 11.4 Å². The molecule has 0 radical (unpaired) electrons. The molecule has 0 bridgehead atoms. The van der Waals surface area contributed by atoms with Crippen molar-refractivity contribution in [1.29, 1.82) is 0 Å². The molecule has 21 heavy (non-hydrogen) atoms. The third kappa shape index (κ3) is 3.50.